The lowest BCUT2D eigenvalue weighted by Crippen LogP contribution is -2.35. The van der Waals surface area contributed by atoms with E-state index in [2.05, 4.69) is 16.7 Å². The smallest absolute Gasteiger partial charge is 0.233 e. The van der Waals surface area contributed by atoms with Gasteiger partial charge in [-0.1, -0.05) is 6.07 Å². The second kappa shape index (κ2) is 7.85. The molecule has 1 aromatic rings. The number of nitriles is 1. The van der Waals surface area contributed by atoms with E-state index >= 15 is 0 Å². The molecular weight excluding hydrogens is 222 g/mol. The van der Waals surface area contributed by atoms with E-state index in [0.717, 1.165) is 13.0 Å². The Morgan fingerprint density at radius 2 is 2.38 bits per heavy atom. The number of rotatable bonds is 7. The molecule has 5 heteroatoms. The zero-order valence-corrected chi connectivity index (χ0v) is 9.85. The zero-order chi connectivity index (χ0) is 11.6. The normalized spacial score (nSPS) is 9.69. The number of hydrogen-bond acceptors (Lipinski definition) is 4. The van der Waals surface area contributed by atoms with Gasteiger partial charge in [0.2, 0.25) is 5.91 Å². The van der Waals surface area contributed by atoms with Gasteiger partial charge in [0.05, 0.1) is 19.0 Å². The minimum absolute atomic E-state index is 0.0542. The number of nitrogens with one attached hydrogen (secondary N) is 2. The molecule has 1 aromatic heterocycles. The molecule has 0 spiro atoms. The topological polar surface area (TPSA) is 64.9 Å². The van der Waals surface area contributed by atoms with Crippen molar-refractivity contribution in [2.24, 2.45) is 0 Å². The Hall–Kier alpha value is -1.38. The van der Waals surface area contributed by atoms with Crippen LogP contribution in [0.5, 0.6) is 0 Å². The Balaban J connectivity index is 1.98. The van der Waals surface area contributed by atoms with Crippen LogP contribution in [-0.2, 0) is 11.2 Å². The summed E-state index contributed by atoms with van der Waals surface area (Å²) in [4.78, 5) is 12.5. The van der Waals surface area contributed by atoms with Crippen LogP contribution in [0.15, 0.2) is 17.5 Å². The van der Waals surface area contributed by atoms with Gasteiger partial charge in [-0.05, 0) is 17.9 Å². The quantitative estimate of drug-likeness (QED) is 0.693. The number of carbonyl (C=O) groups is 1. The first kappa shape index (κ1) is 12.7. The summed E-state index contributed by atoms with van der Waals surface area (Å²) in [6.07, 6.45) is 1.31. The van der Waals surface area contributed by atoms with Crippen LogP contribution in [0.4, 0.5) is 0 Å². The summed E-state index contributed by atoms with van der Waals surface area (Å²) < 4.78 is 0. The molecule has 1 amide bonds. The third-order valence-corrected chi connectivity index (χ3v) is 2.91. The fourth-order valence-corrected chi connectivity index (χ4v) is 1.90. The summed E-state index contributed by atoms with van der Waals surface area (Å²) in [5.74, 6) is -0.0542. The van der Waals surface area contributed by atoms with Crippen LogP contribution in [0.25, 0.3) is 0 Å². The average molecular weight is 237 g/mol. The molecule has 0 radical (unpaired) electrons. The van der Waals surface area contributed by atoms with E-state index in [4.69, 9.17) is 5.26 Å². The van der Waals surface area contributed by atoms with Gasteiger partial charge in [0.1, 0.15) is 0 Å². The van der Waals surface area contributed by atoms with Crippen molar-refractivity contribution in [3.63, 3.8) is 0 Å². The third-order valence-electron chi connectivity index (χ3n) is 1.97. The van der Waals surface area contributed by atoms with Gasteiger partial charge >= 0.3 is 0 Å². The molecule has 1 heterocycles. The summed E-state index contributed by atoms with van der Waals surface area (Å²) in [7, 11) is 0. The highest BCUT2D eigenvalue weighted by Gasteiger charge is 1.99. The molecule has 86 valence electrons. The summed E-state index contributed by atoms with van der Waals surface area (Å²) in [5, 5.41) is 16.0. The van der Waals surface area contributed by atoms with Crippen molar-refractivity contribution in [1.29, 1.82) is 5.26 Å². The van der Waals surface area contributed by atoms with Crippen LogP contribution >= 0.6 is 11.3 Å². The molecule has 0 aliphatic heterocycles. The van der Waals surface area contributed by atoms with Gasteiger partial charge < -0.3 is 10.6 Å². The molecular formula is C11H15N3OS. The second-order valence-corrected chi connectivity index (χ2v) is 4.30. The van der Waals surface area contributed by atoms with E-state index in [1.54, 1.807) is 11.3 Å². The lowest BCUT2D eigenvalue weighted by molar-refractivity contribution is -0.120. The number of hydrogen-bond donors (Lipinski definition) is 2. The molecule has 0 aliphatic rings. The maximum atomic E-state index is 11.2. The fourth-order valence-electron chi connectivity index (χ4n) is 1.19. The van der Waals surface area contributed by atoms with Crippen molar-refractivity contribution in [2.45, 2.75) is 12.8 Å². The van der Waals surface area contributed by atoms with Crippen LogP contribution in [-0.4, -0.2) is 25.5 Å². The average Bonchev–Trinajstić information content (AvgIpc) is 2.78. The summed E-state index contributed by atoms with van der Waals surface area (Å²) in [6, 6.07) is 6.08. The van der Waals surface area contributed by atoms with Crippen LogP contribution in [0, 0.1) is 11.3 Å². The number of thiophene rings is 1. The molecule has 16 heavy (non-hydrogen) atoms. The molecule has 0 aliphatic carbocycles. The fraction of sp³-hybridized carbons (Fsp3) is 0.455. The van der Waals surface area contributed by atoms with E-state index in [1.807, 2.05) is 17.5 Å². The molecule has 4 nitrogen and oxygen atoms in total. The monoisotopic (exact) mass is 237 g/mol. The summed E-state index contributed by atoms with van der Waals surface area (Å²) >= 11 is 1.72. The molecule has 0 atom stereocenters. The second-order valence-electron chi connectivity index (χ2n) is 3.26. The van der Waals surface area contributed by atoms with Crippen LogP contribution < -0.4 is 10.6 Å². The Bertz CT molecular complexity index is 343. The first-order valence-electron chi connectivity index (χ1n) is 5.19. The standard InChI is InChI=1S/C11H15N3OS/c12-5-2-6-14-11(15)9-13-7-4-10-3-1-8-16-10/h1,3,8,13H,2,4,6-7,9H2,(H,14,15). The molecule has 0 saturated carbocycles. The first-order chi connectivity index (χ1) is 7.83. The Labute approximate surface area is 99.3 Å². The molecule has 0 fully saturated rings. The highest BCUT2D eigenvalue weighted by molar-refractivity contribution is 7.09. The van der Waals surface area contributed by atoms with Gasteiger partial charge in [-0.25, -0.2) is 0 Å². The minimum Gasteiger partial charge on any atom is -0.354 e. The predicted molar refractivity (Wildman–Crippen MR) is 64.1 cm³/mol. The van der Waals surface area contributed by atoms with Gasteiger partial charge in [-0.3, -0.25) is 4.79 Å². The van der Waals surface area contributed by atoms with Gasteiger partial charge in [-0.15, -0.1) is 11.3 Å². The highest BCUT2D eigenvalue weighted by atomic mass is 32.1. The van der Waals surface area contributed by atoms with Crippen LogP contribution in [0.2, 0.25) is 0 Å². The molecule has 0 saturated heterocycles. The van der Waals surface area contributed by atoms with Crippen molar-refractivity contribution in [1.82, 2.24) is 10.6 Å². The van der Waals surface area contributed by atoms with E-state index < -0.39 is 0 Å². The van der Waals surface area contributed by atoms with Crippen molar-refractivity contribution in [2.75, 3.05) is 19.6 Å². The van der Waals surface area contributed by atoms with E-state index in [-0.39, 0.29) is 5.91 Å². The molecule has 0 bridgehead atoms. The highest BCUT2D eigenvalue weighted by Crippen LogP contribution is 2.07. The Morgan fingerprint density at radius 3 is 3.06 bits per heavy atom. The Kier molecular flexibility index (Phi) is 6.23. The lowest BCUT2D eigenvalue weighted by Gasteiger charge is -2.04. The molecule has 0 unspecified atom stereocenters. The van der Waals surface area contributed by atoms with E-state index in [0.29, 0.717) is 19.5 Å². The summed E-state index contributed by atoms with van der Waals surface area (Å²) in [5.41, 5.74) is 0. The van der Waals surface area contributed by atoms with Gasteiger partial charge in [0.25, 0.3) is 0 Å². The third kappa shape index (κ3) is 5.49. The maximum absolute atomic E-state index is 11.2. The van der Waals surface area contributed by atoms with Crippen LogP contribution in [0.3, 0.4) is 0 Å². The van der Waals surface area contributed by atoms with E-state index in [1.165, 1.54) is 4.88 Å². The van der Waals surface area contributed by atoms with Crippen molar-refractivity contribution < 1.29 is 4.79 Å². The van der Waals surface area contributed by atoms with Crippen molar-refractivity contribution in [3.05, 3.63) is 22.4 Å². The van der Waals surface area contributed by atoms with Gasteiger partial charge in [0, 0.05) is 18.0 Å². The minimum atomic E-state index is -0.0542. The van der Waals surface area contributed by atoms with E-state index in [9.17, 15) is 4.79 Å². The SMILES string of the molecule is N#CCCNC(=O)CNCCc1cccs1. The predicted octanol–water partition coefficient (Wildman–Crippen LogP) is 0.910. The summed E-state index contributed by atoms with van der Waals surface area (Å²) in [6.45, 7) is 1.55. The maximum Gasteiger partial charge on any atom is 0.233 e. The van der Waals surface area contributed by atoms with Gasteiger partial charge in [-0.2, -0.15) is 5.26 Å². The zero-order valence-electron chi connectivity index (χ0n) is 9.03. The van der Waals surface area contributed by atoms with Crippen molar-refractivity contribution >= 4 is 17.2 Å². The van der Waals surface area contributed by atoms with Crippen molar-refractivity contribution in [3.8, 4) is 6.07 Å². The lowest BCUT2D eigenvalue weighted by atomic mass is 10.3. The number of amides is 1. The number of nitrogens with zero attached hydrogens (tertiary/aromatic N) is 1. The molecule has 2 N–H and O–H groups in total. The number of carbonyl (C=O) groups excluding carboxylic acids is 1. The largest absolute Gasteiger partial charge is 0.354 e. The molecule has 1 rings (SSSR count). The Morgan fingerprint density at radius 1 is 1.50 bits per heavy atom. The van der Waals surface area contributed by atoms with Gasteiger partial charge in [0.15, 0.2) is 0 Å². The van der Waals surface area contributed by atoms with Crippen LogP contribution in [0.1, 0.15) is 11.3 Å². The molecule has 0 aromatic carbocycles. The first-order valence-corrected chi connectivity index (χ1v) is 6.07.